The number of benzene rings is 1. The second kappa shape index (κ2) is 6.71. The minimum absolute atomic E-state index is 0.00105. The van der Waals surface area contributed by atoms with E-state index in [-0.39, 0.29) is 11.7 Å². The lowest BCUT2D eigenvalue weighted by molar-refractivity contribution is -0.136. The van der Waals surface area contributed by atoms with Crippen molar-refractivity contribution in [2.24, 2.45) is 10.9 Å². The fourth-order valence-electron chi connectivity index (χ4n) is 1.49. The van der Waals surface area contributed by atoms with Crippen LogP contribution >= 0.6 is 15.9 Å². The monoisotopic (exact) mass is 343 g/mol. The molecule has 1 unspecified atom stereocenters. The van der Waals surface area contributed by atoms with Crippen LogP contribution in [0.5, 0.6) is 0 Å². The highest BCUT2D eigenvalue weighted by Gasteiger charge is 2.31. The third-order valence-electron chi connectivity index (χ3n) is 3.23. The fraction of sp³-hybridized carbons (Fsp3) is 0.385. The molecular formula is C13H18BrN3O3. The van der Waals surface area contributed by atoms with Crippen LogP contribution in [0.1, 0.15) is 25.8 Å². The van der Waals surface area contributed by atoms with Crippen molar-refractivity contribution in [3.63, 3.8) is 0 Å². The molecule has 0 saturated carbocycles. The summed E-state index contributed by atoms with van der Waals surface area (Å²) in [6, 6.07) is 4.97. The van der Waals surface area contributed by atoms with Crippen molar-refractivity contribution in [3.8, 4) is 0 Å². The number of hydrogen-bond donors (Lipinski definition) is 3. The Hall–Kier alpha value is -1.60. The number of carbonyl (C=O) groups excluding carboxylic acids is 1. The highest BCUT2D eigenvalue weighted by atomic mass is 79.9. The summed E-state index contributed by atoms with van der Waals surface area (Å²) < 4.78 is 5.87. The average Bonchev–Trinajstić information content (AvgIpc) is 2.47. The normalized spacial score (nSPS) is 14.7. The molecule has 6 nitrogen and oxygen atoms in total. The number of methoxy groups -OCH3 is 1. The molecule has 0 bridgehead atoms. The van der Waals surface area contributed by atoms with Crippen LogP contribution in [0.15, 0.2) is 27.8 Å². The van der Waals surface area contributed by atoms with E-state index in [0.717, 1.165) is 0 Å². The van der Waals surface area contributed by atoms with E-state index in [1.54, 1.807) is 25.1 Å². The zero-order chi connectivity index (χ0) is 15.3. The Balaban J connectivity index is 2.97. The van der Waals surface area contributed by atoms with E-state index >= 15 is 0 Å². The third-order valence-corrected chi connectivity index (χ3v) is 3.88. The molecule has 110 valence electrons. The van der Waals surface area contributed by atoms with E-state index < -0.39 is 5.60 Å². The van der Waals surface area contributed by atoms with E-state index in [2.05, 4.69) is 26.4 Å². The number of halogens is 1. The number of amidine groups is 1. The van der Waals surface area contributed by atoms with E-state index in [1.807, 2.05) is 6.92 Å². The molecule has 1 rings (SSSR count). The maximum absolute atomic E-state index is 12.2. The highest BCUT2D eigenvalue weighted by molar-refractivity contribution is 9.10. The fourth-order valence-corrected chi connectivity index (χ4v) is 1.96. The molecule has 0 aliphatic carbocycles. The van der Waals surface area contributed by atoms with Gasteiger partial charge in [-0.3, -0.25) is 4.79 Å². The van der Waals surface area contributed by atoms with Crippen molar-refractivity contribution < 1.29 is 14.7 Å². The lowest BCUT2D eigenvalue weighted by Crippen LogP contribution is -2.41. The van der Waals surface area contributed by atoms with Crippen molar-refractivity contribution in [2.45, 2.75) is 25.9 Å². The molecule has 1 atom stereocenters. The number of ether oxygens (including phenoxy) is 1. The maximum atomic E-state index is 12.2. The van der Waals surface area contributed by atoms with Crippen LogP contribution in [-0.4, -0.2) is 29.7 Å². The maximum Gasteiger partial charge on any atom is 0.256 e. The molecule has 0 radical (unpaired) electrons. The number of nitrogens with one attached hydrogen (secondary N) is 1. The summed E-state index contributed by atoms with van der Waals surface area (Å²) >= 11 is 3.34. The van der Waals surface area contributed by atoms with Crippen LogP contribution in [0.3, 0.4) is 0 Å². The Morgan fingerprint density at radius 2 is 2.25 bits per heavy atom. The SMILES string of the molecule is CCC(C)(OC)C(=O)Nc1ccc(/C(N)=N/O)cc1Br. The van der Waals surface area contributed by atoms with Gasteiger partial charge in [-0.05, 0) is 47.5 Å². The van der Waals surface area contributed by atoms with E-state index in [9.17, 15) is 4.79 Å². The van der Waals surface area contributed by atoms with Gasteiger partial charge >= 0.3 is 0 Å². The van der Waals surface area contributed by atoms with Gasteiger partial charge in [0.15, 0.2) is 5.84 Å². The molecule has 0 heterocycles. The molecule has 0 spiro atoms. The molecule has 1 aromatic rings. The summed E-state index contributed by atoms with van der Waals surface area (Å²) in [6.07, 6.45) is 0.551. The molecule has 0 aliphatic heterocycles. The Labute approximate surface area is 126 Å². The predicted octanol–water partition coefficient (Wildman–Crippen LogP) is 2.30. The summed E-state index contributed by atoms with van der Waals surface area (Å²) in [5.74, 6) is -0.237. The largest absolute Gasteiger partial charge is 0.409 e. The summed E-state index contributed by atoms with van der Waals surface area (Å²) in [4.78, 5) is 12.2. The third kappa shape index (κ3) is 3.49. The smallest absolute Gasteiger partial charge is 0.256 e. The number of nitrogens with zero attached hydrogens (tertiary/aromatic N) is 1. The first-order valence-corrected chi connectivity index (χ1v) is 6.81. The number of hydrogen-bond acceptors (Lipinski definition) is 4. The van der Waals surface area contributed by atoms with E-state index in [0.29, 0.717) is 22.1 Å². The van der Waals surface area contributed by atoms with Crippen LogP contribution < -0.4 is 11.1 Å². The molecule has 20 heavy (non-hydrogen) atoms. The van der Waals surface area contributed by atoms with Crippen LogP contribution in [-0.2, 0) is 9.53 Å². The van der Waals surface area contributed by atoms with Crippen LogP contribution in [0.25, 0.3) is 0 Å². The summed E-state index contributed by atoms with van der Waals surface area (Å²) in [5.41, 5.74) is 5.74. The molecule has 0 fully saturated rings. The number of carbonyl (C=O) groups is 1. The summed E-state index contributed by atoms with van der Waals surface area (Å²) in [6.45, 7) is 3.60. The zero-order valence-corrected chi connectivity index (χ0v) is 13.2. The van der Waals surface area contributed by atoms with Crippen molar-refractivity contribution in [1.29, 1.82) is 0 Å². The van der Waals surface area contributed by atoms with Gasteiger partial charge in [0.1, 0.15) is 5.60 Å². The first-order chi connectivity index (χ1) is 9.37. The van der Waals surface area contributed by atoms with Gasteiger partial charge in [-0.2, -0.15) is 0 Å². The van der Waals surface area contributed by atoms with Gasteiger partial charge in [-0.15, -0.1) is 0 Å². The van der Waals surface area contributed by atoms with Gasteiger partial charge in [-0.25, -0.2) is 0 Å². The van der Waals surface area contributed by atoms with Crippen molar-refractivity contribution in [2.75, 3.05) is 12.4 Å². The summed E-state index contributed by atoms with van der Waals surface area (Å²) in [5, 5.41) is 14.3. The number of anilines is 1. The topological polar surface area (TPSA) is 96.9 Å². The molecule has 1 aromatic carbocycles. The Kier molecular flexibility index (Phi) is 5.52. The van der Waals surface area contributed by atoms with E-state index in [4.69, 9.17) is 15.7 Å². The van der Waals surface area contributed by atoms with Crippen molar-refractivity contribution >= 4 is 33.4 Å². The van der Waals surface area contributed by atoms with Gasteiger partial charge in [0.2, 0.25) is 0 Å². The quantitative estimate of drug-likeness (QED) is 0.330. The van der Waals surface area contributed by atoms with E-state index in [1.165, 1.54) is 7.11 Å². The number of oxime groups is 1. The summed E-state index contributed by atoms with van der Waals surface area (Å²) in [7, 11) is 1.50. The number of nitrogens with two attached hydrogens (primary N) is 1. The molecule has 0 aromatic heterocycles. The molecule has 0 saturated heterocycles. The van der Waals surface area contributed by atoms with Crippen molar-refractivity contribution in [1.82, 2.24) is 0 Å². The Bertz CT molecular complexity index is 528. The average molecular weight is 344 g/mol. The van der Waals surface area contributed by atoms with Gasteiger partial charge in [0, 0.05) is 17.1 Å². The Morgan fingerprint density at radius 3 is 2.70 bits per heavy atom. The van der Waals surface area contributed by atoms with Gasteiger partial charge < -0.3 is 21.0 Å². The van der Waals surface area contributed by atoms with Crippen LogP contribution in [0.2, 0.25) is 0 Å². The Morgan fingerprint density at radius 1 is 1.60 bits per heavy atom. The van der Waals surface area contributed by atoms with Crippen LogP contribution in [0, 0.1) is 0 Å². The van der Waals surface area contributed by atoms with Gasteiger partial charge in [0.05, 0.1) is 5.69 Å². The highest BCUT2D eigenvalue weighted by Crippen LogP contribution is 2.25. The van der Waals surface area contributed by atoms with Crippen molar-refractivity contribution in [3.05, 3.63) is 28.2 Å². The first-order valence-electron chi connectivity index (χ1n) is 6.02. The lowest BCUT2D eigenvalue weighted by atomic mass is 10.0. The number of rotatable bonds is 5. The van der Waals surface area contributed by atoms with Crippen LogP contribution in [0.4, 0.5) is 5.69 Å². The molecule has 7 heteroatoms. The minimum Gasteiger partial charge on any atom is -0.409 e. The molecule has 0 aliphatic rings. The zero-order valence-electron chi connectivity index (χ0n) is 11.6. The van der Waals surface area contributed by atoms with Gasteiger partial charge in [-0.1, -0.05) is 12.1 Å². The molecule has 4 N–H and O–H groups in total. The minimum atomic E-state index is -0.885. The number of amides is 1. The predicted molar refractivity (Wildman–Crippen MR) is 81.0 cm³/mol. The second-order valence-electron chi connectivity index (χ2n) is 4.42. The standard InChI is InChI=1S/C13H18BrN3O3/c1-4-13(2,20-3)12(18)16-10-6-5-8(7-9(10)14)11(15)17-19/h5-7,19H,4H2,1-3H3,(H2,15,17)(H,16,18). The lowest BCUT2D eigenvalue weighted by Gasteiger charge is -2.25. The molecule has 1 amide bonds. The second-order valence-corrected chi connectivity index (χ2v) is 5.28. The first kappa shape index (κ1) is 16.5. The molecular weight excluding hydrogens is 326 g/mol. The van der Waals surface area contributed by atoms with Gasteiger partial charge in [0.25, 0.3) is 5.91 Å².